The van der Waals surface area contributed by atoms with Gasteiger partial charge in [0.05, 0.1) is 11.7 Å². The van der Waals surface area contributed by atoms with Crippen LogP contribution in [0.15, 0.2) is 60.7 Å². The maximum Gasteiger partial charge on any atom is 0.259 e. The lowest BCUT2D eigenvalue weighted by Crippen LogP contribution is -2.15. The summed E-state index contributed by atoms with van der Waals surface area (Å²) in [7, 11) is 0. The number of pyridine rings is 1. The Morgan fingerprint density at radius 3 is 2.48 bits per heavy atom. The highest BCUT2D eigenvalue weighted by atomic mass is 16.5. The number of nitrogens with zero attached hydrogens (tertiary/aromatic N) is 1. The van der Waals surface area contributed by atoms with Crippen molar-refractivity contribution in [3.8, 4) is 17.2 Å². The van der Waals surface area contributed by atoms with Crippen molar-refractivity contribution in [1.29, 1.82) is 0 Å². The zero-order chi connectivity index (χ0) is 20.8. The SMILES string of the molecule is CCC(C)Oc1ccc(Oc2cccc(NC(=O)c3ccc(C)nc3N)c2)cc1. The zero-order valence-corrected chi connectivity index (χ0v) is 16.8. The third kappa shape index (κ3) is 5.48. The molecule has 3 N–H and O–H groups in total. The average molecular weight is 391 g/mol. The average Bonchev–Trinajstić information content (AvgIpc) is 2.69. The number of hydrogen-bond acceptors (Lipinski definition) is 5. The molecule has 3 rings (SSSR count). The third-order valence-electron chi connectivity index (χ3n) is 4.37. The first-order valence-corrected chi connectivity index (χ1v) is 9.53. The number of ether oxygens (including phenoxy) is 2. The van der Waals surface area contributed by atoms with E-state index in [1.54, 1.807) is 24.3 Å². The molecule has 1 atom stereocenters. The normalized spacial score (nSPS) is 11.6. The van der Waals surface area contributed by atoms with Gasteiger partial charge < -0.3 is 20.5 Å². The molecule has 0 spiro atoms. The highest BCUT2D eigenvalue weighted by Gasteiger charge is 2.11. The Morgan fingerprint density at radius 1 is 1.07 bits per heavy atom. The standard InChI is InChI=1S/C23H25N3O3/c1-4-16(3)28-18-9-11-19(12-10-18)29-20-7-5-6-17(14-20)26-23(27)21-13-8-15(2)25-22(21)24/h5-14,16H,4H2,1-3H3,(H2,24,25)(H,26,27). The number of carbonyl (C=O) groups excluding carboxylic acids is 1. The molecule has 29 heavy (non-hydrogen) atoms. The molecule has 3 aromatic rings. The van der Waals surface area contributed by atoms with Gasteiger partial charge in [0.2, 0.25) is 0 Å². The summed E-state index contributed by atoms with van der Waals surface area (Å²) in [6, 6.07) is 18.0. The fourth-order valence-corrected chi connectivity index (χ4v) is 2.64. The van der Waals surface area contributed by atoms with Crippen LogP contribution in [0.5, 0.6) is 17.2 Å². The fraction of sp³-hybridized carbons (Fsp3) is 0.217. The van der Waals surface area contributed by atoms with Gasteiger partial charge in [-0.05, 0) is 68.8 Å². The van der Waals surface area contributed by atoms with E-state index in [9.17, 15) is 4.79 Å². The molecule has 1 heterocycles. The topological polar surface area (TPSA) is 86.5 Å². The van der Waals surface area contributed by atoms with Crippen molar-refractivity contribution in [3.05, 3.63) is 71.9 Å². The van der Waals surface area contributed by atoms with Crippen LogP contribution in [-0.2, 0) is 0 Å². The van der Waals surface area contributed by atoms with Gasteiger partial charge >= 0.3 is 0 Å². The molecule has 150 valence electrons. The highest BCUT2D eigenvalue weighted by molar-refractivity contribution is 6.07. The summed E-state index contributed by atoms with van der Waals surface area (Å²) >= 11 is 0. The fourth-order valence-electron chi connectivity index (χ4n) is 2.64. The smallest absolute Gasteiger partial charge is 0.259 e. The highest BCUT2D eigenvalue weighted by Crippen LogP contribution is 2.27. The van der Waals surface area contributed by atoms with Gasteiger partial charge in [-0.1, -0.05) is 13.0 Å². The molecule has 1 amide bonds. The number of aromatic nitrogens is 1. The van der Waals surface area contributed by atoms with E-state index < -0.39 is 0 Å². The molecule has 0 saturated heterocycles. The lowest BCUT2D eigenvalue weighted by atomic mass is 10.2. The first-order chi connectivity index (χ1) is 13.9. The predicted octanol–water partition coefficient (Wildman–Crippen LogP) is 5.19. The number of rotatable bonds is 7. The van der Waals surface area contributed by atoms with Gasteiger partial charge in [0, 0.05) is 17.4 Å². The van der Waals surface area contributed by atoms with Gasteiger partial charge in [0.15, 0.2) is 0 Å². The minimum absolute atomic E-state index is 0.167. The number of nitrogens with two attached hydrogens (primary N) is 1. The molecule has 6 nitrogen and oxygen atoms in total. The Kier molecular flexibility index (Phi) is 6.34. The molecular weight excluding hydrogens is 366 g/mol. The summed E-state index contributed by atoms with van der Waals surface area (Å²) < 4.78 is 11.7. The van der Waals surface area contributed by atoms with Crippen molar-refractivity contribution >= 4 is 17.4 Å². The minimum atomic E-state index is -0.321. The number of hydrogen-bond donors (Lipinski definition) is 2. The van der Waals surface area contributed by atoms with Gasteiger partial charge in [0.1, 0.15) is 23.1 Å². The van der Waals surface area contributed by atoms with E-state index in [4.69, 9.17) is 15.2 Å². The van der Waals surface area contributed by atoms with E-state index in [1.807, 2.05) is 50.2 Å². The second-order valence-corrected chi connectivity index (χ2v) is 6.78. The van der Waals surface area contributed by atoms with Crippen LogP contribution < -0.4 is 20.5 Å². The maximum atomic E-state index is 12.5. The summed E-state index contributed by atoms with van der Waals surface area (Å²) in [5, 5.41) is 2.82. The molecule has 0 fully saturated rings. The lowest BCUT2D eigenvalue weighted by molar-refractivity contribution is 0.102. The van der Waals surface area contributed by atoms with E-state index in [1.165, 1.54) is 0 Å². The van der Waals surface area contributed by atoms with Gasteiger partial charge in [-0.3, -0.25) is 4.79 Å². The molecule has 0 aliphatic carbocycles. The lowest BCUT2D eigenvalue weighted by Gasteiger charge is -2.13. The second kappa shape index (κ2) is 9.10. The van der Waals surface area contributed by atoms with Crippen molar-refractivity contribution in [3.63, 3.8) is 0 Å². The molecule has 6 heteroatoms. The van der Waals surface area contributed by atoms with Crippen LogP contribution in [0.1, 0.15) is 36.3 Å². The molecule has 0 aliphatic rings. The minimum Gasteiger partial charge on any atom is -0.491 e. The first-order valence-electron chi connectivity index (χ1n) is 9.53. The molecule has 0 aliphatic heterocycles. The quantitative estimate of drug-likeness (QED) is 0.578. The van der Waals surface area contributed by atoms with E-state index in [-0.39, 0.29) is 17.8 Å². The number of nitrogens with one attached hydrogen (secondary N) is 1. The van der Waals surface area contributed by atoms with Gasteiger partial charge in [-0.25, -0.2) is 4.98 Å². The molecule has 1 aromatic heterocycles. The Balaban J connectivity index is 1.67. The molecule has 0 bridgehead atoms. The number of carbonyl (C=O) groups is 1. The zero-order valence-electron chi connectivity index (χ0n) is 16.8. The van der Waals surface area contributed by atoms with Crippen molar-refractivity contribution in [2.45, 2.75) is 33.3 Å². The Morgan fingerprint density at radius 2 is 1.79 bits per heavy atom. The van der Waals surface area contributed by atoms with E-state index in [0.29, 0.717) is 22.7 Å². The second-order valence-electron chi connectivity index (χ2n) is 6.78. The molecule has 0 radical (unpaired) electrons. The number of aryl methyl sites for hydroxylation is 1. The number of anilines is 2. The Labute approximate surface area is 170 Å². The number of benzene rings is 2. The van der Waals surface area contributed by atoms with Crippen LogP contribution in [-0.4, -0.2) is 17.0 Å². The molecule has 2 aromatic carbocycles. The maximum absolute atomic E-state index is 12.5. The van der Waals surface area contributed by atoms with Crippen molar-refractivity contribution in [2.24, 2.45) is 0 Å². The van der Waals surface area contributed by atoms with Crippen LogP contribution in [0.25, 0.3) is 0 Å². The third-order valence-corrected chi connectivity index (χ3v) is 4.37. The summed E-state index contributed by atoms with van der Waals surface area (Å²) in [4.78, 5) is 16.6. The van der Waals surface area contributed by atoms with E-state index in [2.05, 4.69) is 17.2 Å². The van der Waals surface area contributed by atoms with Crippen LogP contribution in [0, 0.1) is 6.92 Å². The number of amides is 1. The molecule has 1 unspecified atom stereocenters. The largest absolute Gasteiger partial charge is 0.491 e. The van der Waals surface area contributed by atoms with Crippen LogP contribution in [0.4, 0.5) is 11.5 Å². The van der Waals surface area contributed by atoms with Crippen molar-refractivity contribution in [1.82, 2.24) is 4.98 Å². The molecular formula is C23H25N3O3. The summed E-state index contributed by atoms with van der Waals surface area (Å²) in [5.41, 5.74) is 7.54. The Hall–Kier alpha value is -3.54. The van der Waals surface area contributed by atoms with Crippen LogP contribution in [0.3, 0.4) is 0 Å². The van der Waals surface area contributed by atoms with E-state index >= 15 is 0 Å². The monoisotopic (exact) mass is 391 g/mol. The van der Waals surface area contributed by atoms with Crippen LogP contribution in [0.2, 0.25) is 0 Å². The molecule has 0 saturated carbocycles. The van der Waals surface area contributed by atoms with Crippen molar-refractivity contribution < 1.29 is 14.3 Å². The predicted molar refractivity (Wildman–Crippen MR) is 115 cm³/mol. The first kappa shape index (κ1) is 20.2. The van der Waals surface area contributed by atoms with Gasteiger partial charge in [-0.15, -0.1) is 0 Å². The van der Waals surface area contributed by atoms with Crippen LogP contribution >= 0.6 is 0 Å². The summed E-state index contributed by atoms with van der Waals surface area (Å²) in [6.07, 6.45) is 1.11. The van der Waals surface area contributed by atoms with E-state index in [0.717, 1.165) is 17.9 Å². The summed E-state index contributed by atoms with van der Waals surface area (Å²) in [6.45, 7) is 5.93. The summed E-state index contributed by atoms with van der Waals surface area (Å²) in [5.74, 6) is 1.97. The van der Waals surface area contributed by atoms with Gasteiger partial charge in [0.25, 0.3) is 5.91 Å². The number of nitrogen functional groups attached to an aromatic ring is 1. The Bertz CT molecular complexity index is 987. The van der Waals surface area contributed by atoms with Gasteiger partial charge in [-0.2, -0.15) is 0 Å². The van der Waals surface area contributed by atoms with Crippen molar-refractivity contribution in [2.75, 3.05) is 11.1 Å².